The highest BCUT2D eigenvalue weighted by Crippen LogP contribution is 2.27. The van der Waals surface area contributed by atoms with Crippen molar-refractivity contribution in [3.8, 4) is 0 Å². The number of hydrogen-bond acceptors (Lipinski definition) is 4. The molecule has 2 heterocycles. The minimum absolute atomic E-state index is 0.187. The fraction of sp³-hybridized carbons (Fsp3) is 0.526. The van der Waals surface area contributed by atoms with Crippen molar-refractivity contribution in [3.05, 3.63) is 53.6 Å². The Labute approximate surface area is 148 Å². The summed E-state index contributed by atoms with van der Waals surface area (Å²) in [6.45, 7) is 2.93. The van der Waals surface area contributed by atoms with E-state index < -0.39 is 6.10 Å². The third-order valence-corrected chi connectivity index (χ3v) is 4.78. The van der Waals surface area contributed by atoms with E-state index in [-0.39, 0.29) is 19.0 Å². The first-order valence-electron chi connectivity index (χ1n) is 8.82. The van der Waals surface area contributed by atoms with Crippen molar-refractivity contribution >= 4 is 0 Å². The molecule has 0 radical (unpaired) electrons. The fourth-order valence-corrected chi connectivity index (χ4v) is 3.37. The van der Waals surface area contributed by atoms with Gasteiger partial charge in [0.2, 0.25) is 0 Å². The summed E-state index contributed by atoms with van der Waals surface area (Å²) in [6, 6.07) is 6.56. The first-order chi connectivity index (χ1) is 12.1. The molecule has 1 aromatic heterocycles. The van der Waals surface area contributed by atoms with Crippen LogP contribution in [0.2, 0.25) is 0 Å². The molecule has 0 aliphatic carbocycles. The van der Waals surface area contributed by atoms with Crippen LogP contribution < -0.4 is 0 Å². The first kappa shape index (κ1) is 18.0. The summed E-state index contributed by atoms with van der Waals surface area (Å²) in [5.74, 6) is 0.286. The number of likely N-dealkylation sites (tertiary alicyclic amines) is 1. The highest BCUT2D eigenvalue weighted by molar-refractivity contribution is 5.16. The largest absolute Gasteiger partial charge is 0.389 e. The van der Waals surface area contributed by atoms with Crippen LogP contribution in [-0.4, -0.2) is 52.1 Å². The van der Waals surface area contributed by atoms with Crippen molar-refractivity contribution in [2.24, 2.45) is 7.05 Å². The van der Waals surface area contributed by atoms with Crippen molar-refractivity contribution in [3.63, 3.8) is 0 Å². The molecular weight excluding hydrogens is 321 g/mol. The van der Waals surface area contributed by atoms with E-state index in [2.05, 4.69) is 16.2 Å². The van der Waals surface area contributed by atoms with E-state index in [0.29, 0.717) is 18.0 Å². The maximum atomic E-state index is 13.5. The third-order valence-electron chi connectivity index (χ3n) is 4.78. The lowest BCUT2D eigenvalue weighted by molar-refractivity contribution is 0.00550. The molecule has 5 nitrogen and oxygen atoms in total. The number of hydrogen-bond donors (Lipinski definition) is 1. The van der Waals surface area contributed by atoms with Crippen LogP contribution in [0.25, 0.3) is 0 Å². The second-order valence-electron chi connectivity index (χ2n) is 6.78. The van der Waals surface area contributed by atoms with Gasteiger partial charge in [-0.1, -0.05) is 18.2 Å². The summed E-state index contributed by atoms with van der Waals surface area (Å²) < 4.78 is 20.8. The van der Waals surface area contributed by atoms with Gasteiger partial charge in [-0.2, -0.15) is 5.10 Å². The molecule has 1 atom stereocenters. The smallest absolute Gasteiger partial charge is 0.128 e. The fourth-order valence-electron chi connectivity index (χ4n) is 3.37. The SMILES string of the molecule is Cn1cc(C2CCN(C[C@@H](O)COCc3ccccc3F)CC2)cn1. The summed E-state index contributed by atoms with van der Waals surface area (Å²) >= 11 is 0. The number of aromatic nitrogens is 2. The molecule has 1 fully saturated rings. The van der Waals surface area contributed by atoms with Gasteiger partial charge in [-0.05, 0) is 43.5 Å². The Bertz CT molecular complexity index is 668. The summed E-state index contributed by atoms with van der Waals surface area (Å²) in [7, 11) is 1.94. The van der Waals surface area contributed by atoms with Crippen molar-refractivity contribution < 1.29 is 14.2 Å². The topological polar surface area (TPSA) is 50.5 Å². The zero-order valence-electron chi connectivity index (χ0n) is 14.6. The van der Waals surface area contributed by atoms with Crippen LogP contribution in [0.1, 0.15) is 29.9 Å². The molecule has 0 bridgehead atoms. The molecule has 6 heteroatoms. The quantitative estimate of drug-likeness (QED) is 0.835. The predicted octanol–water partition coefficient (Wildman–Crippen LogP) is 2.32. The van der Waals surface area contributed by atoms with Gasteiger partial charge < -0.3 is 14.7 Å². The summed E-state index contributed by atoms with van der Waals surface area (Å²) in [4.78, 5) is 2.27. The maximum Gasteiger partial charge on any atom is 0.128 e. The number of ether oxygens (including phenoxy) is 1. The van der Waals surface area contributed by atoms with Gasteiger partial charge in [0.25, 0.3) is 0 Å². The highest BCUT2D eigenvalue weighted by atomic mass is 19.1. The molecule has 0 unspecified atom stereocenters. The lowest BCUT2D eigenvalue weighted by atomic mass is 9.91. The first-order valence-corrected chi connectivity index (χ1v) is 8.82. The Morgan fingerprint density at radius 1 is 1.32 bits per heavy atom. The van der Waals surface area contributed by atoms with E-state index in [1.165, 1.54) is 11.6 Å². The minimum Gasteiger partial charge on any atom is -0.389 e. The Morgan fingerprint density at radius 2 is 2.08 bits per heavy atom. The van der Waals surface area contributed by atoms with Crippen LogP contribution in [0.4, 0.5) is 4.39 Å². The van der Waals surface area contributed by atoms with Crippen LogP contribution in [0.15, 0.2) is 36.7 Å². The zero-order valence-corrected chi connectivity index (χ0v) is 14.6. The van der Waals surface area contributed by atoms with Gasteiger partial charge in [-0.3, -0.25) is 4.68 Å². The number of aliphatic hydroxyl groups excluding tert-OH is 1. The van der Waals surface area contributed by atoms with E-state index in [0.717, 1.165) is 25.9 Å². The molecule has 1 saturated heterocycles. The molecule has 1 aromatic carbocycles. The summed E-state index contributed by atoms with van der Waals surface area (Å²) in [6.07, 6.45) is 5.64. The molecule has 136 valence electrons. The van der Waals surface area contributed by atoms with Crippen molar-refractivity contribution in [1.82, 2.24) is 14.7 Å². The normalized spacial score (nSPS) is 17.7. The number of aliphatic hydroxyl groups is 1. The van der Waals surface area contributed by atoms with Gasteiger partial charge in [0.05, 0.1) is 25.5 Å². The van der Waals surface area contributed by atoms with Gasteiger partial charge in [-0.15, -0.1) is 0 Å². The van der Waals surface area contributed by atoms with Crippen molar-refractivity contribution in [2.75, 3.05) is 26.2 Å². The molecule has 0 amide bonds. The Kier molecular flexibility index (Phi) is 6.18. The number of aryl methyl sites for hydroxylation is 1. The number of nitrogens with zero attached hydrogens (tertiary/aromatic N) is 3. The molecule has 0 spiro atoms. The van der Waals surface area contributed by atoms with Gasteiger partial charge in [0, 0.05) is 25.4 Å². The van der Waals surface area contributed by atoms with Crippen LogP contribution in [-0.2, 0) is 18.4 Å². The summed E-state index contributed by atoms with van der Waals surface area (Å²) in [5.41, 5.74) is 1.82. The minimum atomic E-state index is -0.554. The highest BCUT2D eigenvalue weighted by Gasteiger charge is 2.23. The lowest BCUT2D eigenvalue weighted by Gasteiger charge is -2.32. The second-order valence-corrected chi connectivity index (χ2v) is 6.78. The molecule has 3 rings (SSSR count). The van der Waals surface area contributed by atoms with Gasteiger partial charge >= 0.3 is 0 Å². The molecule has 2 aromatic rings. The van der Waals surface area contributed by atoms with Gasteiger partial charge in [0.15, 0.2) is 0 Å². The molecular formula is C19H26FN3O2. The van der Waals surface area contributed by atoms with Crippen LogP contribution in [0.3, 0.4) is 0 Å². The van der Waals surface area contributed by atoms with E-state index in [4.69, 9.17) is 4.74 Å². The monoisotopic (exact) mass is 347 g/mol. The number of piperidine rings is 1. The number of halogens is 1. The Balaban J connectivity index is 1.36. The molecule has 1 N–H and O–H groups in total. The lowest BCUT2D eigenvalue weighted by Crippen LogP contribution is -2.39. The third kappa shape index (κ3) is 5.11. The van der Waals surface area contributed by atoms with E-state index in [1.54, 1.807) is 18.2 Å². The zero-order chi connectivity index (χ0) is 17.6. The van der Waals surface area contributed by atoms with E-state index in [1.807, 2.05) is 17.9 Å². The molecule has 1 aliphatic heterocycles. The summed E-state index contributed by atoms with van der Waals surface area (Å²) in [5, 5.41) is 14.4. The molecule has 0 saturated carbocycles. The molecule has 25 heavy (non-hydrogen) atoms. The van der Waals surface area contributed by atoms with Crippen LogP contribution in [0, 0.1) is 5.82 Å². The van der Waals surface area contributed by atoms with Gasteiger partial charge in [-0.25, -0.2) is 4.39 Å². The van der Waals surface area contributed by atoms with E-state index >= 15 is 0 Å². The van der Waals surface area contributed by atoms with Crippen molar-refractivity contribution in [1.29, 1.82) is 0 Å². The number of β-amino-alcohol motifs (C(OH)–C–C–N with tert-alkyl or cyclic N) is 1. The van der Waals surface area contributed by atoms with Crippen LogP contribution >= 0.6 is 0 Å². The van der Waals surface area contributed by atoms with Crippen molar-refractivity contribution in [2.45, 2.75) is 31.5 Å². The van der Waals surface area contributed by atoms with Crippen LogP contribution in [0.5, 0.6) is 0 Å². The predicted molar refractivity (Wildman–Crippen MR) is 93.7 cm³/mol. The Morgan fingerprint density at radius 3 is 2.76 bits per heavy atom. The second kappa shape index (κ2) is 8.56. The average Bonchev–Trinajstić information content (AvgIpc) is 3.04. The standard InChI is InChI=1S/C19H26FN3O2/c1-22-11-17(10-21-22)15-6-8-23(9-7-15)12-18(24)14-25-13-16-4-2-3-5-19(16)20/h2-5,10-11,15,18,24H,6-9,12-14H2,1H3/t18-/m1/s1. The van der Waals surface area contributed by atoms with Gasteiger partial charge in [0.1, 0.15) is 5.82 Å². The number of rotatable bonds is 7. The number of benzene rings is 1. The molecule has 1 aliphatic rings. The maximum absolute atomic E-state index is 13.5. The average molecular weight is 347 g/mol. The van der Waals surface area contributed by atoms with E-state index in [9.17, 15) is 9.50 Å². The Hall–Kier alpha value is -1.76.